The summed E-state index contributed by atoms with van der Waals surface area (Å²) in [5.74, 6) is -0.212. The monoisotopic (exact) mass is 358 g/mol. The van der Waals surface area contributed by atoms with E-state index in [-0.39, 0.29) is 11.6 Å². The first-order valence-electron chi connectivity index (χ1n) is 9.38. The molecular weight excluding hydrogens is 332 g/mol. The van der Waals surface area contributed by atoms with Crippen LogP contribution in [0.1, 0.15) is 49.5 Å². The van der Waals surface area contributed by atoms with Crippen LogP contribution in [0, 0.1) is 10.1 Å². The second kappa shape index (κ2) is 8.31. The first-order valence-corrected chi connectivity index (χ1v) is 9.38. The summed E-state index contributed by atoms with van der Waals surface area (Å²) in [6.45, 7) is 4.98. The van der Waals surface area contributed by atoms with Gasteiger partial charge in [-0.2, -0.15) is 0 Å². The zero-order valence-electron chi connectivity index (χ0n) is 15.2. The molecule has 7 nitrogen and oxygen atoms in total. The lowest BCUT2D eigenvalue weighted by molar-refractivity contribution is -0.383. The van der Waals surface area contributed by atoms with Gasteiger partial charge in [-0.15, -0.1) is 0 Å². The molecule has 1 saturated heterocycles. The number of fused-ring (bicyclic) bond motifs is 1. The number of carbonyl (C=O) groups excluding carboxylic acids is 1. The van der Waals surface area contributed by atoms with Crippen LogP contribution < -0.4 is 5.32 Å². The van der Waals surface area contributed by atoms with Crippen molar-refractivity contribution in [2.75, 3.05) is 19.6 Å². The average molecular weight is 358 g/mol. The number of non-ortho nitro benzene ring substituents is 1. The first kappa shape index (κ1) is 18.4. The number of benzene rings is 1. The molecule has 0 saturated carbocycles. The number of H-pyrrole nitrogens is 1. The van der Waals surface area contributed by atoms with Crippen LogP contribution in [0.15, 0.2) is 24.3 Å². The number of nitro benzene ring substituents is 1. The first-order chi connectivity index (χ1) is 12.6. The lowest BCUT2D eigenvalue weighted by atomic mass is 10.0. The molecule has 1 unspecified atom stereocenters. The van der Waals surface area contributed by atoms with E-state index in [4.69, 9.17) is 0 Å². The molecule has 2 heterocycles. The summed E-state index contributed by atoms with van der Waals surface area (Å²) >= 11 is 0. The van der Waals surface area contributed by atoms with Gasteiger partial charge in [0.2, 0.25) is 0 Å². The third-order valence-corrected chi connectivity index (χ3v) is 5.12. The van der Waals surface area contributed by atoms with Gasteiger partial charge < -0.3 is 10.3 Å². The maximum Gasteiger partial charge on any atom is 0.293 e. The fourth-order valence-electron chi connectivity index (χ4n) is 3.67. The van der Waals surface area contributed by atoms with Crippen molar-refractivity contribution >= 4 is 22.5 Å². The number of likely N-dealkylation sites (tertiary alicyclic amines) is 1. The highest BCUT2D eigenvalue weighted by Gasteiger charge is 2.23. The Morgan fingerprint density at radius 1 is 1.42 bits per heavy atom. The zero-order valence-corrected chi connectivity index (χ0v) is 15.2. The molecule has 1 aromatic carbocycles. The van der Waals surface area contributed by atoms with Crippen LogP contribution in [0.3, 0.4) is 0 Å². The number of hydrogen-bond acceptors (Lipinski definition) is 4. The number of amides is 1. The van der Waals surface area contributed by atoms with E-state index < -0.39 is 4.92 Å². The molecule has 7 heteroatoms. The van der Waals surface area contributed by atoms with Gasteiger partial charge >= 0.3 is 0 Å². The highest BCUT2D eigenvalue weighted by Crippen LogP contribution is 2.25. The Bertz CT molecular complexity index is 786. The number of unbranched alkanes of at least 4 members (excludes halogenated alkanes) is 1. The Balaban J connectivity index is 1.67. The number of carbonyl (C=O) groups is 1. The predicted molar refractivity (Wildman–Crippen MR) is 101 cm³/mol. The van der Waals surface area contributed by atoms with Crippen molar-refractivity contribution in [2.24, 2.45) is 0 Å². The summed E-state index contributed by atoms with van der Waals surface area (Å²) in [6, 6.07) is 6.88. The molecule has 0 aliphatic carbocycles. The van der Waals surface area contributed by atoms with Gasteiger partial charge in [0.25, 0.3) is 11.6 Å². The molecule has 1 fully saturated rings. The lowest BCUT2D eigenvalue weighted by Gasteiger charge is -2.35. The van der Waals surface area contributed by atoms with Crippen LogP contribution in [0.5, 0.6) is 0 Å². The quantitative estimate of drug-likeness (QED) is 0.586. The normalized spacial score (nSPS) is 18.1. The molecule has 26 heavy (non-hydrogen) atoms. The molecule has 1 amide bonds. The average Bonchev–Trinajstić information content (AvgIpc) is 3.09. The molecule has 0 bridgehead atoms. The van der Waals surface area contributed by atoms with E-state index in [1.54, 1.807) is 18.2 Å². The molecule has 2 N–H and O–H groups in total. The van der Waals surface area contributed by atoms with Gasteiger partial charge in [-0.25, -0.2) is 0 Å². The highest BCUT2D eigenvalue weighted by molar-refractivity contribution is 6.00. The highest BCUT2D eigenvalue weighted by atomic mass is 16.6. The van der Waals surface area contributed by atoms with Crippen LogP contribution >= 0.6 is 0 Å². The summed E-state index contributed by atoms with van der Waals surface area (Å²) in [7, 11) is 0. The minimum absolute atomic E-state index is 0.0143. The summed E-state index contributed by atoms with van der Waals surface area (Å²) in [4.78, 5) is 28.6. The molecule has 1 aliphatic heterocycles. The fraction of sp³-hybridized carbons (Fsp3) is 0.526. The fourth-order valence-corrected chi connectivity index (χ4v) is 3.67. The zero-order chi connectivity index (χ0) is 18.5. The predicted octanol–water partition coefficient (Wildman–Crippen LogP) is 3.46. The number of hydrogen-bond donors (Lipinski definition) is 2. The van der Waals surface area contributed by atoms with Crippen LogP contribution in [-0.4, -0.2) is 46.4 Å². The second-order valence-electron chi connectivity index (χ2n) is 6.93. The van der Waals surface area contributed by atoms with Gasteiger partial charge in [0.1, 0.15) is 11.2 Å². The third kappa shape index (κ3) is 4.04. The minimum Gasteiger partial charge on any atom is -0.349 e. The minimum atomic E-state index is -0.436. The van der Waals surface area contributed by atoms with E-state index in [0.29, 0.717) is 29.2 Å². The number of rotatable bonds is 7. The lowest BCUT2D eigenvalue weighted by Crippen LogP contribution is -2.47. The molecular formula is C19H26N4O3. The van der Waals surface area contributed by atoms with Crippen molar-refractivity contribution in [2.45, 2.75) is 45.1 Å². The number of nitro groups is 1. The van der Waals surface area contributed by atoms with Gasteiger partial charge in [0, 0.05) is 24.0 Å². The van der Waals surface area contributed by atoms with Crippen LogP contribution in [0.25, 0.3) is 10.9 Å². The standard InChI is InChI=1S/C19H26N4O3/c1-2-3-10-22-11-5-4-8-15(22)13-20-19(24)16-12-14-7-6-9-17(23(25)26)18(14)21-16/h6-7,9,12,15,21H,2-5,8,10-11,13H2,1H3,(H,20,24). The van der Waals surface area contributed by atoms with Crippen molar-refractivity contribution in [3.63, 3.8) is 0 Å². The summed E-state index contributed by atoms with van der Waals surface area (Å²) in [5, 5.41) is 14.8. The maximum absolute atomic E-state index is 12.5. The number of aromatic nitrogens is 1. The summed E-state index contributed by atoms with van der Waals surface area (Å²) in [6.07, 6.45) is 5.86. The van der Waals surface area contributed by atoms with Gasteiger partial charge in [-0.1, -0.05) is 31.9 Å². The van der Waals surface area contributed by atoms with Crippen LogP contribution in [-0.2, 0) is 0 Å². The molecule has 3 rings (SSSR count). The van der Waals surface area contributed by atoms with E-state index in [0.717, 1.165) is 19.5 Å². The van der Waals surface area contributed by atoms with E-state index in [9.17, 15) is 14.9 Å². The molecule has 1 aromatic heterocycles. The smallest absolute Gasteiger partial charge is 0.293 e. The van der Waals surface area contributed by atoms with E-state index in [1.165, 1.54) is 31.7 Å². The summed E-state index contributed by atoms with van der Waals surface area (Å²) < 4.78 is 0. The molecule has 1 atom stereocenters. The van der Waals surface area contributed by atoms with Crippen molar-refractivity contribution in [3.8, 4) is 0 Å². The molecule has 0 radical (unpaired) electrons. The van der Waals surface area contributed by atoms with Crippen molar-refractivity contribution in [1.82, 2.24) is 15.2 Å². The van der Waals surface area contributed by atoms with Crippen molar-refractivity contribution < 1.29 is 9.72 Å². The Labute approximate surface area is 152 Å². The SMILES string of the molecule is CCCCN1CCCCC1CNC(=O)c1cc2cccc([N+](=O)[O-])c2[nH]1. The number of para-hydroxylation sites is 1. The van der Waals surface area contributed by atoms with Crippen LogP contribution in [0.2, 0.25) is 0 Å². The van der Waals surface area contributed by atoms with Gasteiger partial charge in [-0.05, 0) is 38.4 Å². The van der Waals surface area contributed by atoms with E-state index >= 15 is 0 Å². The summed E-state index contributed by atoms with van der Waals surface area (Å²) in [5.41, 5.74) is 0.745. The largest absolute Gasteiger partial charge is 0.349 e. The van der Waals surface area contributed by atoms with Crippen molar-refractivity contribution in [1.29, 1.82) is 0 Å². The number of nitrogens with one attached hydrogen (secondary N) is 2. The van der Waals surface area contributed by atoms with E-state index in [2.05, 4.69) is 22.1 Å². The Morgan fingerprint density at radius 3 is 3.04 bits per heavy atom. The second-order valence-corrected chi connectivity index (χ2v) is 6.93. The Kier molecular flexibility index (Phi) is 5.88. The van der Waals surface area contributed by atoms with E-state index in [1.807, 2.05) is 0 Å². The topological polar surface area (TPSA) is 91.3 Å². The van der Waals surface area contributed by atoms with Gasteiger partial charge in [-0.3, -0.25) is 19.8 Å². The number of aromatic amines is 1. The Morgan fingerprint density at radius 2 is 2.27 bits per heavy atom. The number of nitrogens with zero attached hydrogens (tertiary/aromatic N) is 2. The van der Waals surface area contributed by atoms with Crippen LogP contribution in [0.4, 0.5) is 5.69 Å². The van der Waals surface area contributed by atoms with Gasteiger partial charge in [0.05, 0.1) is 4.92 Å². The molecule has 0 spiro atoms. The van der Waals surface area contributed by atoms with Gasteiger partial charge in [0.15, 0.2) is 0 Å². The van der Waals surface area contributed by atoms with Crippen molar-refractivity contribution in [3.05, 3.63) is 40.1 Å². The number of piperidine rings is 1. The molecule has 140 valence electrons. The Hall–Kier alpha value is -2.41. The maximum atomic E-state index is 12.5. The third-order valence-electron chi connectivity index (χ3n) is 5.12. The molecule has 2 aromatic rings. The molecule has 1 aliphatic rings.